The highest BCUT2D eigenvalue weighted by molar-refractivity contribution is 7.08. The summed E-state index contributed by atoms with van der Waals surface area (Å²) < 4.78 is 5.32. The number of piperazine rings is 1. The van der Waals surface area contributed by atoms with Gasteiger partial charge < -0.3 is 14.6 Å². The third kappa shape index (κ3) is 4.15. The molecule has 0 spiro atoms. The SMILES string of the molecule is O=C(NCCN1CCN(C(=O)c2cc(-c3ccco3)[nH]n2)CC1)c1ccsc1. The number of rotatable bonds is 6. The van der Waals surface area contributed by atoms with Crippen LogP contribution in [0.3, 0.4) is 0 Å². The van der Waals surface area contributed by atoms with Crippen LogP contribution in [0.15, 0.2) is 45.7 Å². The molecule has 0 radical (unpaired) electrons. The predicted molar refractivity (Wildman–Crippen MR) is 105 cm³/mol. The molecule has 0 atom stereocenters. The fourth-order valence-corrected chi connectivity index (χ4v) is 3.79. The van der Waals surface area contributed by atoms with E-state index in [1.807, 2.05) is 27.8 Å². The molecular weight excluding hydrogens is 378 g/mol. The van der Waals surface area contributed by atoms with Gasteiger partial charge in [0.05, 0.1) is 6.26 Å². The van der Waals surface area contributed by atoms with E-state index in [4.69, 9.17) is 4.42 Å². The Labute approximate surface area is 166 Å². The van der Waals surface area contributed by atoms with E-state index in [-0.39, 0.29) is 11.8 Å². The van der Waals surface area contributed by atoms with Gasteiger partial charge >= 0.3 is 0 Å². The first-order chi connectivity index (χ1) is 13.7. The molecule has 0 bridgehead atoms. The van der Waals surface area contributed by atoms with Gasteiger partial charge in [0.1, 0.15) is 5.69 Å². The first-order valence-corrected chi connectivity index (χ1v) is 10.1. The normalized spacial score (nSPS) is 14.9. The molecule has 8 nitrogen and oxygen atoms in total. The topological polar surface area (TPSA) is 94.5 Å². The number of hydrogen-bond acceptors (Lipinski definition) is 6. The Bertz CT molecular complexity index is 911. The second-order valence-electron chi connectivity index (χ2n) is 6.55. The standard InChI is InChI=1S/C19H21N5O3S/c25-18(14-3-11-28-13-14)20-4-5-23-6-8-24(9-7-23)19(26)16-12-15(21-22-16)17-2-1-10-27-17/h1-3,10-13H,4-9H2,(H,20,25)(H,21,22). The van der Waals surface area contributed by atoms with Crippen LogP contribution in [-0.2, 0) is 0 Å². The van der Waals surface area contributed by atoms with Crippen molar-refractivity contribution in [3.05, 3.63) is 52.5 Å². The molecule has 1 fully saturated rings. The molecule has 0 aliphatic carbocycles. The van der Waals surface area contributed by atoms with Gasteiger partial charge in [0.2, 0.25) is 0 Å². The first-order valence-electron chi connectivity index (χ1n) is 9.12. The van der Waals surface area contributed by atoms with Gasteiger partial charge in [0.25, 0.3) is 11.8 Å². The number of nitrogens with zero attached hydrogens (tertiary/aromatic N) is 3. The van der Waals surface area contributed by atoms with Gasteiger partial charge in [-0.2, -0.15) is 16.4 Å². The molecule has 2 amide bonds. The van der Waals surface area contributed by atoms with Crippen molar-refractivity contribution in [2.75, 3.05) is 39.3 Å². The molecule has 1 aliphatic rings. The van der Waals surface area contributed by atoms with Crippen LogP contribution in [0.4, 0.5) is 0 Å². The van der Waals surface area contributed by atoms with Gasteiger partial charge in [-0.15, -0.1) is 0 Å². The van der Waals surface area contributed by atoms with Gasteiger partial charge in [-0.3, -0.25) is 19.6 Å². The second kappa shape index (κ2) is 8.41. The summed E-state index contributed by atoms with van der Waals surface area (Å²) in [7, 11) is 0. The summed E-state index contributed by atoms with van der Waals surface area (Å²) >= 11 is 1.51. The number of furan rings is 1. The number of amides is 2. The van der Waals surface area contributed by atoms with Crippen LogP contribution in [0, 0.1) is 0 Å². The lowest BCUT2D eigenvalue weighted by atomic mass is 10.2. The molecule has 3 aromatic rings. The number of hydrogen-bond donors (Lipinski definition) is 2. The van der Waals surface area contributed by atoms with Crippen LogP contribution in [-0.4, -0.2) is 71.1 Å². The van der Waals surface area contributed by atoms with Gasteiger partial charge in [0, 0.05) is 56.3 Å². The fraction of sp³-hybridized carbons (Fsp3) is 0.316. The molecule has 146 valence electrons. The minimum atomic E-state index is -0.0838. The Morgan fingerprint density at radius 2 is 2.11 bits per heavy atom. The lowest BCUT2D eigenvalue weighted by Crippen LogP contribution is -2.50. The zero-order chi connectivity index (χ0) is 19.3. The fourth-order valence-electron chi connectivity index (χ4n) is 3.15. The van der Waals surface area contributed by atoms with Crippen molar-refractivity contribution in [3.63, 3.8) is 0 Å². The van der Waals surface area contributed by atoms with Crippen LogP contribution in [0.5, 0.6) is 0 Å². The minimum absolute atomic E-state index is 0.0408. The summed E-state index contributed by atoms with van der Waals surface area (Å²) in [6.07, 6.45) is 1.58. The zero-order valence-electron chi connectivity index (χ0n) is 15.3. The van der Waals surface area contributed by atoms with E-state index in [9.17, 15) is 9.59 Å². The molecule has 0 aromatic carbocycles. The lowest BCUT2D eigenvalue weighted by molar-refractivity contribution is 0.0632. The number of aromatic amines is 1. The Balaban J connectivity index is 1.23. The van der Waals surface area contributed by atoms with Gasteiger partial charge in [-0.1, -0.05) is 0 Å². The summed E-state index contributed by atoms with van der Waals surface area (Å²) in [6.45, 7) is 4.18. The number of H-pyrrole nitrogens is 1. The van der Waals surface area contributed by atoms with Gasteiger partial charge in [-0.25, -0.2) is 0 Å². The maximum Gasteiger partial charge on any atom is 0.274 e. The third-order valence-corrected chi connectivity index (χ3v) is 5.42. The molecule has 2 N–H and O–H groups in total. The summed E-state index contributed by atoms with van der Waals surface area (Å²) in [5.74, 6) is 0.529. The number of thiophene rings is 1. The first kappa shape index (κ1) is 18.5. The average molecular weight is 399 g/mol. The maximum atomic E-state index is 12.7. The molecule has 1 aliphatic heterocycles. The van der Waals surface area contributed by atoms with Crippen molar-refractivity contribution >= 4 is 23.2 Å². The Morgan fingerprint density at radius 3 is 2.82 bits per heavy atom. The molecule has 9 heteroatoms. The highest BCUT2D eigenvalue weighted by atomic mass is 32.1. The average Bonchev–Trinajstić information content (AvgIpc) is 3.50. The molecule has 0 saturated carbocycles. The van der Waals surface area contributed by atoms with Crippen molar-refractivity contribution in [1.29, 1.82) is 0 Å². The summed E-state index contributed by atoms with van der Waals surface area (Å²) in [5.41, 5.74) is 1.78. The van der Waals surface area contributed by atoms with Crippen molar-refractivity contribution in [2.45, 2.75) is 0 Å². The quantitative estimate of drug-likeness (QED) is 0.660. The zero-order valence-corrected chi connectivity index (χ0v) is 16.1. The Morgan fingerprint density at radius 1 is 1.25 bits per heavy atom. The largest absolute Gasteiger partial charge is 0.463 e. The number of carbonyl (C=O) groups excluding carboxylic acids is 2. The summed E-state index contributed by atoms with van der Waals surface area (Å²) in [5, 5.41) is 13.6. The number of aromatic nitrogens is 2. The maximum absolute atomic E-state index is 12.7. The van der Waals surface area contributed by atoms with Crippen LogP contribution < -0.4 is 5.32 Å². The smallest absolute Gasteiger partial charge is 0.274 e. The van der Waals surface area contributed by atoms with E-state index in [1.54, 1.807) is 18.4 Å². The van der Waals surface area contributed by atoms with E-state index >= 15 is 0 Å². The van der Waals surface area contributed by atoms with E-state index < -0.39 is 0 Å². The Hall–Kier alpha value is -2.91. The van der Waals surface area contributed by atoms with Gasteiger partial charge in [0.15, 0.2) is 11.5 Å². The van der Waals surface area contributed by atoms with Crippen LogP contribution in [0.25, 0.3) is 11.5 Å². The monoisotopic (exact) mass is 399 g/mol. The molecule has 0 unspecified atom stereocenters. The number of carbonyl (C=O) groups is 2. The molecule has 28 heavy (non-hydrogen) atoms. The molecule has 4 rings (SSSR count). The predicted octanol–water partition coefficient (Wildman–Crippen LogP) is 1.92. The van der Waals surface area contributed by atoms with Crippen LogP contribution in [0.2, 0.25) is 0 Å². The lowest BCUT2D eigenvalue weighted by Gasteiger charge is -2.34. The second-order valence-corrected chi connectivity index (χ2v) is 7.33. The molecule has 3 aromatic heterocycles. The van der Waals surface area contributed by atoms with E-state index in [0.29, 0.717) is 42.3 Å². The van der Waals surface area contributed by atoms with Crippen molar-refractivity contribution in [1.82, 2.24) is 25.3 Å². The van der Waals surface area contributed by atoms with Crippen molar-refractivity contribution < 1.29 is 14.0 Å². The van der Waals surface area contributed by atoms with E-state index in [2.05, 4.69) is 20.4 Å². The minimum Gasteiger partial charge on any atom is -0.463 e. The highest BCUT2D eigenvalue weighted by Crippen LogP contribution is 2.18. The summed E-state index contributed by atoms with van der Waals surface area (Å²) in [6, 6.07) is 7.14. The molecular formula is C19H21N5O3S. The number of nitrogens with one attached hydrogen (secondary N) is 2. The third-order valence-electron chi connectivity index (χ3n) is 4.74. The van der Waals surface area contributed by atoms with Crippen molar-refractivity contribution in [3.8, 4) is 11.5 Å². The van der Waals surface area contributed by atoms with E-state index in [0.717, 1.165) is 19.6 Å². The molecule has 1 saturated heterocycles. The summed E-state index contributed by atoms with van der Waals surface area (Å²) in [4.78, 5) is 28.7. The van der Waals surface area contributed by atoms with Crippen LogP contribution >= 0.6 is 11.3 Å². The van der Waals surface area contributed by atoms with E-state index in [1.165, 1.54) is 11.3 Å². The molecule has 4 heterocycles. The van der Waals surface area contributed by atoms with Crippen molar-refractivity contribution in [2.24, 2.45) is 0 Å². The van der Waals surface area contributed by atoms with Crippen LogP contribution in [0.1, 0.15) is 20.8 Å². The highest BCUT2D eigenvalue weighted by Gasteiger charge is 2.24. The Kier molecular flexibility index (Phi) is 5.54. The van der Waals surface area contributed by atoms with Gasteiger partial charge in [-0.05, 0) is 23.6 Å².